The van der Waals surface area contributed by atoms with Gasteiger partial charge in [0.15, 0.2) is 0 Å². The van der Waals surface area contributed by atoms with Gasteiger partial charge in [-0.15, -0.1) is 0 Å². The van der Waals surface area contributed by atoms with E-state index in [0.717, 1.165) is 18.6 Å². The molecule has 0 amide bonds. The zero-order valence-electron chi connectivity index (χ0n) is 8.30. The second-order valence-corrected chi connectivity index (χ2v) is 5.09. The van der Waals surface area contributed by atoms with Gasteiger partial charge in [-0.25, -0.2) is 0 Å². The maximum absolute atomic E-state index is 8.23. The first-order chi connectivity index (χ1) is 6.92. The van der Waals surface area contributed by atoms with Crippen molar-refractivity contribution in [3.63, 3.8) is 0 Å². The smallest absolute Gasteiger partial charge is 0.0386 e. The Balaban J connectivity index is 1.83. The minimum Gasteiger partial charge on any atom is -0.296 e. The van der Waals surface area contributed by atoms with E-state index in [1.807, 2.05) is 11.8 Å². The van der Waals surface area contributed by atoms with Crippen LogP contribution in [0.15, 0.2) is 5.11 Å². The number of azide groups is 1. The summed E-state index contributed by atoms with van der Waals surface area (Å²) in [5.41, 5.74) is 8.23. The molecule has 4 nitrogen and oxygen atoms in total. The molecule has 0 N–H and O–H groups in total. The molecular formula is C9H16N4S. The average molecular weight is 212 g/mol. The van der Waals surface area contributed by atoms with E-state index in [0.29, 0.717) is 6.54 Å². The number of rotatable bonds is 5. The molecule has 0 spiro atoms. The van der Waals surface area contributed by atoms with Crippen molar-refractivity contribution in [1.29, 1.82) is 0 Å². The molecule has 0 aromatic rings. The third kappa shape index (κ3) is 2.56. The molecule has 2 rings (SSSR count). The Morgan fingerprint density at radius 2 is 2.21 bits per heavy atom. The summed E-state index contributed by atoms with van der Waals surface area (Å²) in [5, 5.41) is 3.63. The summed E-state index contributed by atoms with van der Waals surface area (Å²) in [5.74, 6) is 2.57. The highest BCUT2D eigenvalue weighted by Crippen LogP contribution is 2.33. The SMILES string of the molecule is [N-]=[N+]=NCCN(C1CC1)C1CCSC1. The van der Waals surface area contributed by atoms with E-state index in [1.54, 1.807) is 0 Å². The van der Waals surface area contributed by atoms with Gasteiger partial charge >= 0.3 is 0 Å². The lowest BCUT2D eigenvalue weighted by molar-refractivity contribution is 0.208. The van der Waals surface area contributed by atoms with Crippen LogP contribution in [0.1, 0.15) is 19.3 Å². The van der Waals surface area contributed by atoms with Crippen LogP contribution in [0.4, 0.5) is 0 Å². The van der Waals surface area contributed by atoms with Gasteiger partial charge in [0.05, 0.1) is 0 Å². The Hall–Kier alpha value is -0.380. The summed E-state index contributed by atoms with van der Waals surface area (Å²) in [6, 6.07) is 1.55. The zero-order valence-corrected chi connectivity index (χ0v) is 9.12. The number of thioether (sulfide) groups is 1. The summed E-state index contributed by atoms with van der Waals surface area (Å²) >= 11 is 2.05. The van der Waals surface area contributed by atoms with Crippen LogP contribution in [0.5, 0.6) is 0 Å². The quantitative estimate of drug-likeness (QED) is 0.399. The van der Waals surface area contributed by atoms with Crippen LogP contribution in [0.2, 0.25) is 0 Å². The average Bonchev–Trinajstić information content (AvgIpc) is 2.88. The van der Waals surface area contributed by atoms with Crippen LogP contribution in [0.25, 0.3) is 10.4 Å². The van der Waals surface area contributed by atoms with E-state index in [4.69, 9.17) is 5.53 Å². The van der Waals surface area contributed by atoms with Crippen molar-refractivity contribution in [1.82, 2.24) is 4.90 Å². The topological polar surface area (TPSA) is 52.0 Å². The van der Waals surface area contributed by atoms with Crippen LogP contribution < -0.4 is 0 Å². The van der Waals surface area contributed by atoms with Gasteiger partial charge in [-0.3, -0.25) is 4.90 Å². The molecule has 1 unspecified atom stereocenters. The van der Waals surface area contributed by atoms with Crippen molar-refractivity contribution >= 4 is 11.8 Å². The Kier molecular flexibility index (Phi) is 3.56. The van der Waals surface area contributed by atoms with Crippen LogP contribution in [-0.4, -0.2) is 41.6 Å². The summed E-state index contributed by atoms with van der Waals surface area (Å²) in [7, 11) is 0. The molecule has 1 heterocycles. The Morgan fingerprint density at radius 1 is 1.36 bits per heavy atom. The number of nitrogens with zero attached hydrogens (tertiary/aromatic N) is 4. The van der Waals surface area contributed by atoms with E-state index in [-0.39, 0.29) is 0 Å². The fourth-order valence-corrected chi connectivity index (χ4v) is 3.29. The van der Waals surface area contributed by atoms with Crippen molar-refractivity contribution in [3.05, 3.63) is 10.4 Å². The molecular weight excluding hydrogens is 196 g/mol. The van der Waals surface area contributed by atoms with Crippen molar-refractivity contribution in [2.45, 2.75) is 31.3 Å². The monoisotopic (exact) mass is 212 g/mol. The van der Waals surface area contributed by atoms with Gasteiger partial charge in [0.25, 0.3) is 0 Å². The minimum atomic E-state index is 0.633. The molecule has 1 saturated carbocycles. The third-order valence-corrected chi connectivity index (χ3v) is 4.06. The van der Waals surface area contributed by atoms with Gasteiger partial charge in [0, 0.05) is 35.8 Å². The predicted molar refractivity (Wildman–Crippen MR) is 59.5 cm³/mol. The van der Waals surface area contributed by atoms with E-state index in [9.17, 15) is 0 Å². The first-order valence-corrected chi connectivity index (χ1v) is 6.41. The largest absolute Gasteiger partial charge is 0.296 e. The van der Waals surface area contributed by atoms with E-state index in [1.165, 1.54) is 30.8 Å². The number of hydrogen-bond donors (Lipinski definition) is 0. The molecule has 1 aliphatic carbocycles. The minimum absolute atomic E-state index is 0.633. The van der Waals surface area contributed by atoms with Crippen molar-refractivity contribution < 1.29 is 0 Å². The van der Waals surface area contributed by atoms with E-state index in [2.05, 4.69) is 14.9 Å². The fourth-order valence-electron chi connectivity index (χ4n) is 2.06. The molecule has 5 heteroatoms. The lowest BCUT2D eigenvalue weighted by atomic mass is 10.2. The second kappa shape index (κ2) is 4.91. The molecule has 0 aromatic heterocycles. The van der Waals surface area contributed by atoms with Gasteiger partial charge < -0.3 is 0 Å². The second-order valence-electron chi connectivity index (χ2n) is 3.94. The van der Waals surface area contributed by atoms with Crippen LogP contribution in [0.3, 0.4) is 0 Å². The third-order valence-electron chi connectivity index (χ3n) is 2.91. The van der Waals surface area contributed by atoms with Crippen molar-refractivity contribution in [2.75, 3.05) is 24.6 Å². The summed E-state index contributed by atoms with van der Waals surface area (Å²) in [6.45, 7) is 1.59. The highest BCUT2D eigenvalue weighted by molar-refractivity contribution is 7.99. The molecule has 0 bridgehead atoms. The van der Waals surface area contributed by atoms with Gasteiger partial charge in [-0.05, 0) is 30.5 Å². The highest BCUT2D eigenvalue weighted by atomic mass is 32.2. The normalized spacial score (nSPS) is 26.5. The van der Waals surface area contributed by atoms with Gasteiger partial charge in [-0.2, -0.15) is 11.8 Å². The van der Waals surface area contributed by atoms with Crippen LogP contribution in [-0.2, 0) is 0 Å². The molecule has 2 aliphatic rings. The standard InChI is InChI=1S/C9H16N4S/c10-12-11-4-5-13(8-1-2-8)9-3-6-14-7-9/h8-9H,1-7H2. The first-order valence-electron chi connectivity index (χ1n) is 5.26. The fraction of sp³-hybridized carbons (Fsp3) is 1.00. The Morgan fingerprint density at radius 3 is 2.79 bits per heavy atom. The van der Waals surface area contributed by atoms with Crippen LogP contribution in [0, 0.1) is 0 Å². The lowest BCUT2D eigenvalue weighted by Crippen LogP contribution is -2.38. The Bertz CT molecular complexity index is 229. The van der Waals surface area contributed by atoms with E-state index < -0.39 is 0 Å². The van der Waals surface area contributed by atoms with Gasteiger partial charge in [0.1, 0.15) is 0 Å². The van der Waals surface area contributed by atoms with Gasteiger partial charge in [-0.1, -0.05) is 5.11 Å². The first kappa shape index (κ1) is 10.1. The Labute approximate surface area is 88.7 Å². The van der Waals surface area contributed by atoms with Crippen molar-refractivity contribution in [2.24, 2.45) is 5.11 Å². The highest BCUT2D eigenvalue weighted by Gasteiger charge is 2.34. The molecule has 0 aromatic carbocycles. The lowest BCUT2D eigenvalue weighted by Gasteiger charge is -2.27. The summed E-state index contributed by atoms with van der Waals surface area (Å²) in [4.78, 5) is 5.37. The summed E-state index contributed by atoms with van der Waals surface area (Å²) in [6.07, 6.45) is 4.01. The maximum atomic E-state index is 8.23. The van der Waals surface area contributed by atoms with Gasteiger partial charge in [0.2, 0.25) is 0 Å². The molecule has 2 fully saturated rings. The number of hydrogen-bond acceptors (Lipinski definition) is 3. The molecule has 14 heavy (non-hydrogen) atoms. The van der Waals surface area contributed by atoms with Crippen molar-refractivity contribution in [3.8, 4) is 0 Å². The zero-order chi connectivity index (χ0) is 9.80. The molecule has 1 saturated heterocycles. The predicted octanol–water partition coefficient (Wildman–Crippen LogP) is 2.27. The molecule has 78 valence electrons. The van der Waals surface area contributed by atoms with E-state index >= 15 is 0 Å². The molecule has 0 radical (unpaired) electrons. The molecule has 1 atom stereocenters. The molecule has 1 aliphatic heterocycles. The summed E-state index contributed by atoms with van der Waals surface area (Å²) < 4.78 is 0. The van der Waals surface area contributed by atoms with Crippen LogP contribution >= 0.6 is 11.8 Å². The maximum Gasteiger partial charge on any atom is 0.0386 e.